The number of hydrogen-bond donors (Lipinski definition) is 2. The summed E-state index contributed by atoms with van der Waals surface area (Å²) in [4.78, 5) is 20.6. The van der Waals surface area contributed by atoms with Crippen molar-refractivity contribution < 1.29 is 4.79 Å². The smallest absolute Gasteiger partial charge is 0.274 e. The van der Waals surface area contributed by atoms with Crippen molar-refractivity contribution in [2.45, 2.75) is 0 Å². The van der Waals surface area contributed by atoms with E-state index in [1.54, 1.807) is 42.5 Å². The maximum Gasteiger partial charge on any atom is 0.274 e. The van der Waals surface area contributed by atoms with E-state index >= 15 is 0 Å². The Morgan fingerprint density at radius 1 is 1.08 bits per heavy atom. The van der Waals surface area contributed by atoms with E-state index in [-0.39, 0.29) is 11.6 Å². The summed E-state index contributed by atoms with van der Waals surface area (Å²) in [7, 11) is 0. The van der Waals surface area contributed by atoms with E-state index in [1.807, 2.05) is 12.1 Å². The quantitative estimate of drug-likeness (QED) is 0.743. The first-order valence-electron chi connectivity index (χ1n) is 7.31. The molecule has 6 nitrogen and oxygen atoms in total. The summed E-state index contributed by atoms with van der Waals surface area (Å²) < 4.78 is 0. The molecule has 0 aliphatic heterocycles. The Hall–Kier alpha value is -3.43. The second kappa shape index (κ2) is 7.43. The number of nitrogens with one attached hydrogen (secondary N) is 2. The molecule has 7 heteroatoms. The molecule has 0 unspecified atom stereocenters. The van der Waals surface area contributed by atoms with Crippen LogP contribution in [0.4, 0.5) is 17.3 Å². The molecule has 3 aromatic rings. The molecular formula is C18H12ClN5O. The number of carbonyl (C=O) groups is 1. The Morgan fingerprint density at radius 3 is 2.68 bits per heavy atom. The molecule has 0 radical (unpaired) electrons. The van der Waals surface area contributed by atoms with E-state index in [1.165, 1.54) is 12.3 Å². The molecule has 0 saturated heterocycles. The van der Waals surface area contributed by atoms with Crippen LogP contribution in [0.15, 0.2) is 60.8 Å². The van der Waals surface area contributed by atoms with Gasteiger partial charge in [-0.2, -0.15) is 5.26 Å². The normalized spacial score (nSPS) is 9.92. The highest BCUT2D eigenvalue weighted by atomic mass is 35.5. The van der Waals surface area contributed by atoms with Crippen LogP contribution < -0.4 is 10.6 Å². The van der Waals surface area contributed by atoms with Crippen molar-refractivity contribution in [1.82, 2.24) is 9.97 Å². The van der Waals surface area contributed by atoms with Crippen molar-refractivity contribution in [1.29, 1.82) is 5.26 Å². The molecule has 1 amide bonds. The third kappa shape index (κ3) is 4.31. The minimum atomic E-state index is -0.397. The molecule has 0 spiro atoms. The molecule has 3 rings (SSSR count). The van der Waals surface area contributed by atoms with Crippen molar-refractivity contribution in [3.05, 3.63) is 77.1 Å². The highest BCUT2D eigenvalue weighted by Gasteiger charge is 2.10. The average Bonchev–Trinajstić information content (AvgIpc) is 2.62. The predicted molar refractivity (Wildman–Crippen MR) is 95.9 cm³/mol. The highest BCUT2D eigenvalue weighted by Crippen LogP contribution is 2.18. The van der Waals surface area contributed by atoms with Crippen LogP contribution in [0.2, 0.25) is 5.02 Å². The fraction of sp³-hybridized carbons (Fsp3) is 0. The number of benzene rings is 2. The Labute approximate surface area is 149 Å². The maximum atomic E-state index is 12.3. The van der Waals surface area contributed by atoms with E-state index < -0.39 is 5.91 Å². The molecule has 0 aliphatic rings. The van der Waals surface area contributed by atoms with Gasteiger partial charge in [0.2, 0.25) is 5.95 Å². The fourth-order valence-electron chi connectivity index (χ4n) is 2.10. The zero-order valence-corrected chi connectivity index (χ0v) is 13.7. The van der Waals surface area contributed by atoms with Gasteiger partial charge in [-0.1, -0.05) is 23.7 Å². The third-order valence-electron chi connectivity index (χ3n) is 3.22. The van der Waals surface area contributed by atoms with Crippen LogP contribution in [0.25, 0.3) is 0 Å². The van der Waals surface area contributed by atoms with Crippen LogP contribution in [0.1, 0.15) is 16.1 Å². The van der Waals surface area contributed by atoms with E-state index in [9.17, 15) is 4.79 Å². The topological polar surface area (TPSA) is 90.7 Å². The van der Waals surface area contributed by atoms with Crippen LogP contribution in [-0.4, -0.2) is 15.9 Å². The minimum Gasteiger partial charge on any atom is -0.324 e. The zero-order valence-electron chi connectivity index (χ0n) is 12.9. The Bertz CT molecular complexity index is 967. The second-order valence-corrected chi connectivity index (χ2v) is 5.48. The van der Waals surface area contributed by atoms with E-state index in [0.29, 0.717) is 22.0 Å². The number of nitrogens with zero attached hydrogens (tertiary/aromatic N) is 3. The maximum absolute atomic E-state index is 12.3. The molecule has 0 saturated carbocycles. The predicted octanol–water partition coefficient (Wildman–Crippen LogP) is 4.00. The van der Waals surface area contributed by atoms with Gasteiger partial charge in [-0.15, -0.1) is 0 Å². The summed E-state index contributed by atoms with van der Waals surface area (Å²) in [6, 6.07) is 17.3. The monoisotopic (exact) mass is 349 g/mol. The van der Waals surface area contributed by atoms with Gasteiger partial charge >= 0.3 is 0 Å². The van der Waals surface area contributed by atoms with Crippen molar-refractivity contribution in [3.8, 4) is 6.07 Å². The van der Waals surface area contributed by atoms with Crippen LogP contribution in [-0.2, 0) is 0 Å². The lowest BCUT2D eigenvalue weighted by molar-refractivity contribution is 0.102. The standard InChI is InChI=1S/C18H12ClN5O/c19-13-4-2-6-15(10-13)23-18-21-8-7-16(24-18)17(25)22-14-5-1-3-12(9-14)11-20/h1-10H,(H,22,25)(H,21,23,24). The summed E-state index contributed by atoms with van der Waals surface area (Å²) in [5.74, 6) is -0.118. The number of halogens is 1. The first-order chi connectivity index (χ1) is 12.1. The molecule has 1 aromatic heterocycles. The molecule has 0 atom stereocenters. The summed E-state index contributed by atoms with van der Waals surface area (Å²) in [6.07, 6.45) is 1.49. The Kier molecular flexibility index (Phi) is 4.88. The average molecular weight is 350 g/mol. The van der Waals surface area contributed by atoms with E-state index in [4.69, 9.17) is 16.9 Å². The summed E-state index contributed by atoms with van der Waals surface area (Å²) in [5.41, 5.74) is 1.89. The van der Waals surface area contributed by atoms with Crippen molar-refractivity contribution in [3.63, 3.8) is 0 Å². The van der Waals surface area contributed by atoms with E-state index in [2.05, 4.69) is 20.6 Å². The summed E-state index contributed by atoms with van der Waals surface area (Å²) in [6.45, 7) is 0. The first-order valence-corrected chi connectivity index (χ1v) is 7.69. The van der Waals surface area contributed by atoms with Gasteiger partial charge in [0.15, 0.2) is 0 Å². The molecule has 1 heterocycles. The number of anilines is 3. The number of rotatable bonds is 4. The number of amides is 1. The van der Waals surface area contributed by atoms with Gasteiger partial charge in [0.25, 0.3) is 5.91 Å². The molecule has 122 valence electrons. The lowest BCUT2D eigenvalue weighted by Crippen LogP contribution is -2.14. The van der Waals surface area contributed by atoms with E-state index in [0.717, 1.165) is 0 Å². The second-order valence-electron chi connectivity index (χ2n) is 5.05. The zero-order chi connectivity index (χ0) is 17.6. The number of aromatic nitrogens is 2. The summed E-state index contributed by atoms with van der Waals surface area (Å²) >= 11 is 5.94. The van der Waals surface area contributed by atoms with Crippen LogP contribution >= 0.6 is 11.6 Å². The van der Waals surface area contributed by atoms with Gasteiger partial charge in [-0.3, -0.25) is 4.79 Å². The van der Waals surface area contributed by atoms with Crippen LogP contribution in [0, 0.1) is 11.3 Å². The fourth-order valence-corrected chi connectivity index (χ4v) is 2.29. The van der Waals surface area contributed by atoms with Crippen molar-refractivity contribution in [2.75, 3.05) is 10.6 Å². The van der Waals surface area contributed by atoms with Crippen LogP contribution in [0.5, 0.6) is 0 Å². The van der Waals surface area contributed by atoms with Gasteiger partial charge in [-0.05, 0) is 42.5 Å². The van der Waals surface area contributed by atoms with Gasteiger partial charge in [0.1, 0.15) is 5.69 Å². The number of carbonyl (C=O) groups excluding carboxylic acids is 1. The van der Waals surface area contributed by atoms with Gasteiger partial charge < -0.3 is 10.6 Å². The molecule has 2 aromatic carbocycles. The minimum absolute atomic E-state index is 0.196. The van der Waals surface area contributed by atoms with Gasteiger partial charge in [0.05, 0.1) is 11.6 Å². The summed E-state index contributed by atoms with van der Waals surface area (Å²) in [5, 5.41) is 15.2. The number of nitriles is 1. The Morgan fingerprint density at radius 2 is 1.88 bits per heavy atom. The highest BCUT2D eigenvalue weighted by molar-refractivity contribution is 6.30. The SMILES string of the molecule is N#Cc1cccc(NC(=O)c2ccnc(Nc3cccc(Cl)c3)n2)c1. The number of hydrogen-bond acceptors (Lipinski definition) is 5. The van der Waals surface area contributed by atoms with Gasteiger partial charge in [-0.25, -0.2) is 9.97 Å². The molecular weight excluding hydrogens is 338 g/mol. The molecule has 25 heavy (non-hydrogen) atoms. The third-order valence-corrected chi connectivity index (χ3v) is 3.45. The lowest BCUT2D eigenvalue weighted by atomic mass is 10.2. The Balaban J connectivity index is 1.76. The van der Waals surface area contributed by atoms with Crippen molar-refractivity contribution in [2.24, 2.45) is 0 Å². The molecule has 0 aliphatic carbocycles. The molecule has 2 N–H and O–H groups in total. The van der Waals surface area contributed by atoms with Gasteiger partial charge in [0, 0.05) is 22.6 Å². The van der Waals surface area contributed by atoms with Crippen LogP contribution in [0.3, 0.4) is 0 Å². The largest absolute Gasteiger partial charge is 0.324 e. The van der Waals surface area contributed by atoms with Crippen molar-refractivity contribution >= 4 is 34.8 Å². The first kappa shape index (κ1) is 16.4. The molecule has 0 fully saturated rings. The molecule has 0 bridgehead atoms. The lowest BCUT2D eigenvalue weighted by Gasteiger charge is -2.08.